The third kappa shape index (κ3) is 4.50. The molecule has 1 aliphatic rings. The highest BCUT2D eigenvalue weighted by molar-refractivity contribution is 7.99. The second-order valence-electron chi connectivity index (χ2n) is 5.96. The molecule has 1 heterocycles. The molecule has 1 saturated carbocycles. The van der Waals surface area contributed by atoms with Gasteiger partial charge < -0.3 is 10.1 Å². The van der Waals surface area contributed by atoms with Crippen molar-refractivity contribution in [1.82, 2.24) is 15.2 Å². The quantitative estimate of drug-likeness (QED) is 0.752. The molecular weight excluding hydrogens is 324 g/mol. The lowest BCUT2D eigenvalue weighted by atomic mass is 10.0. The third-order valence-electron chi connectivity index (χ3n) is 4.18. The zero-order chi connectivity index (χ0) is 16.8. The molecule has 2 N–H and O–H groups in total. The molecule has 24 heavy (non-hydrogen) atoms. The Bertz CT molecular complexity index is 683. The summed E-state index contributed by atoms with van der Waals surface area (Å²) in [5.41, 5.74) is 0.669. The van der Waals surface area contributed by atoms with Crippen molar-refractivity contribution in [2.45, 2.75) is 37.3 Å². The van der Waals surface area contributed by atoms with Gasteiger partial charge in [-0.1, -0.05) is 49.6 Å². The minimum absolute atomic E-state index is 0.105. The lowest BCUT2D eigenvalue weighted by Gasteiger charge is -2.08. The molecule has 1 aliphatic carbocycles. The van der Waals surface area contributed by atoms with Gasteiger partial charge in [-0.2, -0.15) is 0 Å². The number of thioether (sulfide) groups is 1. The van der Waals surface area contributed by atoms with E-state index in [1.165, 1.54) is 37.4 Å². The maximum Gasteiger partial charge on any atom is 0.234 e. The van der Waals surface area contributed by atoms with Gasteiger partial charge in [-0.25, -0.2) is 4.98 Å². The number of ether oxygens (including phenoxy) is 1. The molecular formula is C17H22N4O2S. The molecule has 6 nitrogen and oxygen atoms in total. The summed E-state index contributed by atoms with van der Waals surface area (Å²) in [6.07, 6.45) is 6.17. The number of aromatic nitrogens is 3. The Morgan fingerprint density at radius 2 is 2.17 bits per heavy atom. The van der Waals surface area contributed by atoms with E-state index in [1.54, 1.807) is 7.11 Å². The van der Waals surface area contributed by atoms with Crippen molar-refractivity contribution in [2.75, 3.05) is 18.2 Å². The number of rotatable bonds is 7. The van der Waals surface area contributed by atoms with Gasteiger partial charge in [-0.15, -0.1) is 5.10 Å². The van der Waals surface area contributed by atoms with E-state index < -0.39 is 0 Å². The summed E-state index contributed by atoms with van der Waals surface area (Å²) < 4.78 is 5.22. The summed E-state index contributed by atoms with van der Waals surface area (Å²) in [4.78, 5) is 16.6. The number of methoxy groups -OCH3 is 1. The highest BCUT2D eigenvalue weighted by atomic mass is 32.2. The highest BCUT2D eigenvalue weighted by Gasteiger charge is 2.17. The monoisotopic (exact) mass is 346 g/mol. The number of carbonyl (C=O) groups is 1. The molecule has 0 aliphatic heterocycles. The first-order chi connectivity index (χ1) is 11.7. The number of H-pyrrole nitrogens is 1. The Morgan fingerprint density at radius 3 is 2.96 bits per heavy atom. The van der Waals surface area contributed by atoms with Gasteiger partial charge in [0.2, 0.25) is 11.1 Å². The summed E-state index contributed by atoms with van der Waals surface area (Å²) in [6, 6.07) is 7.35. The van der Waals surface area contributed by atoms with Crippen LogP contribution in [0, 0.1) is 5.92 Å². The fraction of sp³-hybridized carbons (Fsp3) is 0.471. The van der Waals surface area contributed by atoms with Crippen LogP contribution in [0.25, 0.3) is 0 Å². The van der Waals surface area contributed by atoms with Gasteiger partial charge in [0, 0.05) is 6.42 Å². The maximum atomic E-state index is 12.1. The van der Waals surface area contributed by atoms with E-state index in [0.29, 0.717) is 16.6 Å². The summed E-state index contributed by atoms with van der Waals surface area (Å²) in [5.74, 6) is 2.46. The van der Waals surface area contributed by atoms with Crippen molar-refractivity contribution in [2.24, 2.45) is 5.92 Å². The van der Waals surface area contributed by atoms with E-state index >= 15 is 0 Å². The Hall–Kier alpha value is -2.02. The zero-order valence-corrected chi connectivity index (χ0v) is 14.6. The molecule has 0 bridgehead atoms. The largest absolute Gasteiger partial charge is 0.495 e. The summed E-state index contributed by atoms with van der Waals surface area (Å²) >= 11 is 1.33. The molecule has 0 spiro atoms. The van der Waals surface area contributed by atoms with Crippen molar-refractivity contribution >= 4 is 23.4 Å². The number of hydrogen-bond acceptors (Lipinski definition) is 5. The molecule has 1 fully saturated rings. The molecule has 3 rings (SSSR count). The van der Waals surface area contributed by atoms with E-state index in [1.807, 2.05) is 24.3 Å². The van der Waals surface area contributed by atoms with Crippen LogP contribution in [-0.2, 0) is 11.2 Å². The van der Waals surface area contributed by atoms with Crippen LogP contribution in [0.1, 0.15) is 31.5 Å². The molecule has 1 aromatic carbocycles. The molecule has 1 amide bonds. The van der Waals surface area contributed by atoms with E-state index in [2.05, 4.69) is 20.5 Å². The fourth-order valence-electron chi connectivity index (χ4n) is 2.99. The predicted octanol–water partition coefficient (Wildman–Crippen LogP) is 3.28. The third-order valence-corrected chi connectivity index (χ3v) is 5.03. The van der Waals surface area contributed by atoms with Crippen molar-refractivity contribution in [3.63, 3.8) is 0 Å². The van der Waals surface area contributed by atoms with Gasteiger partial charge in [0.1, 0.15) is 11.6 Å². The van der Waals surface area contributed by atoms with Crippen LogP contribution in [0.5, 0.6) is 5.75 Å². The van der Waals surface area contributed by atoms with Gasteiger partial charge in [0.15, 0.2) is 0 Å². The standard InChI is InChI=1S/C17H22N4O2S/c1-23-14-9-5-4-8-13(14)18-16(22)11-24-17-19-15(20-21-17)10-12-6-2-3-7-12/h4-5,8-9,12H,2-3,6-7,10-11H2,1H3,(H,18,22)(H,19,20,21). The van der Waals surface area contributed by atoms with Crippen molar-refractivity contribution in [3.8, 4) is 5.75 Å². The van der Waals surface area contributed by atoms with Crippen LogP contribution in [0.2, 0.25) is 0 Å². The van der Waals surface area contributed by atoms with Gasteiger partial charge >= 0.3 is 0 Å². The number of anilines is 1. The van der Waals surface area contributed by atoms with E-state index in [4.69, 9.17) is 4.74 Å². The highest BCUT2D eigenvalue weighted by Crippen LogP contribution is 2.27. The maximum absolute atomic E-state index is 12.1. The second kappa shape index (κ2) is 8.19. The average molecular weight is 346 g/mol. The molecule has 0 atom stereocenters. The van der Waals surface area contributed by atoms with Crippen LogP contribution in [-0.4, -0.2) is 34.0 Å². The smallest absolute Gasteiger partial charge is 0.234 e. The Balaban J connectivity index is 1.48. The van der Waals surface area contributed by atoms with Crippen LogP contribution < -0.4 is 10.1 Å². The molecule has 7 heteroatoms. The van der Waals surface area contributed by atoms with E-state index in [9.17, 15) is 4.79 Å². The molecule has 2 aromatic rings. The first kappa shape index (κ1) is 16.8. The Morgan fingerprint density at radius 1 is 1.38 bits per heavy atom. The average Bonchev–Trinajstić information content (AvgIpc) is 3.26. The number of nitrogens with one attached hydrogen (secondary N) is 2. The number of para-hydroxylation sites is 2. The minimum atomic E-state index is -0.105. The lowest BCUT2D eigenvalue weighted by Crippen LogP contribution is -2.14. The first-order valence-corrected chi connectivity index (χ1v) is 9.20. The summed E-state index contributed by atoms with van der Waals surface area (Å²) in [7, 11) is 1.58. The van der Waals surface area contributed by atoms with Crippen LogP contribution >= 0.6 is 11.8 Å². The minimum Gasteiger partial charge on any atom is -0.495 e. The number of carbonyl (C=O) groups excluding carboxylic acids is 1. The number of benzene rings is 1. The number of aromatic amines is 1. The molecule has 1 aromatic heterocycles. The van der Waals surface area contributed by atoms with E-state index in [-0.39, 0.29) is 11.7 Å². The second-order valence-corrected chi connectivity index (χ2v) is 6.90. The topological polar surface area (TPSA) is 79.9 Å². The molecule has 0 saturated heterocycles. The molecule has 0 radical (unpaired) electrons. The SMILES string of the molecule is COc1ccccc1NC(=O)CSc1n[nH]c(CC2CCCC2)n1. The van der Waals surface area contributed by atoms with Crippen molar-refractivity contribution in [3.05, 3.63) is 30.1 Å². The van der Waals surface area contributed by atoms with Crippen molar-refractivity contribution in [1.29, 1.82) is 0 Å². The Kier molecular flexibility index (Phi) is 5.74. The fourth-order valence-corrected chi connectivity index (χ4v) is 3.60. The van der Waals surface area contributed by atoms with Crippen LogP contribution in [0.15, 0.2) is 29.4 Å². The normalized spacial score (nSPS) is 14.7. The van der Waals surface area contributed by atoms with Gasteiger partial charge in [-0.05, 0) is 18.1 Å². The van der Waals surface area contributed by atoms with Crippen molar-refractivity contribution < 1.29 is 9.53 Å². The number of amides is 1. The van der Waals surface area contributed by atoms with Crippen LogP contribution in [0.3, 0.4) is 0 Å². The first-order valence-electron chi connectivity index (χ1n) is 8.21. The van der Waals surface area contributed by atoms with Gasteiger partial charge in [0.25, 0.3) is 0 Å². The van der Waals surface area contributed by atoms with Crippen LogP contribution in [0.4, 0.5) is 5.69 Å². The predicted molar refractivity (Wildman–Crippen MR) is 94.4 cm³/mol. The number of nitrogens with zero attached hydrogens (tertiary/aromatic N) is 2. The summed E-state index contributed by atoms with van der Waals surface area (Å²) in [6.45, 7) is 0. The number of hydrogen-bond donors (Lipinski definition) is 2. The Labute approximate surface area is 145 Å². The van der Waals surface area contributed by atoms with E-state index in [0.717, 1.165) is 18.2 Å². The zero-order valence-electron chi connectivity index (χ0n) is 13.7. The lowest BCUT2D eigenvalue weighted by molar-refractivity contribution is -0.113. The van der Waals surface area contributed by atoms with Gasteiger partial charge in [-0.3, -0.25) is 9.89 Å². The molecule has 128 valence electrons. The van der Waals surface area contributed by atoms with Gasteiger partial charge in [0.05, 0.1) is 18.6 Å². The molecule has 0 unspecified atom stereocenters. The summed E-state index contributed by atoms with van der Waals surface area (Å²) in [5, 5.41) is 10.7.